The van der Waals surface area contributed by atoms with E-state index in [1.807, 2.05) is 29.2 Å². The first-order valence-electron chi connectivity index (χ1n) is 7.23. The summed E-state index contributed by atoms with van der Waals surface area (Å²) in [6.07, 6.45) is -0.286. The molecule has 1 aliphatic rings. The number of aliphatic imine (C=N–C) groups is 1. The van der Waals surface area contributed by atoms with Crippen molar-refractivity contribution in [2.45, 2.75) is 20.4 Å². The minimum atomic E-state index is -0.286. The number of carbonyl (C=O) groups excluding carboxylic acids is 1. The van der Waals surface area contributed by atoms with Crippen molar-refractivity contribution in [1.82, 2.24) is 4.90 Å². The lowest BCUT2D eigenvalue weighted by Crippen LogP contribution is -2.37. The van der Waals surface area contributed by atoms with Crippen molar-refractivity contribution in [2.75, 3.05) is 31.1 Å². The van der Waals surface area contributed by atoms with E-state index in [1.165, 1.54) is 0 Å². The van der Waals surface area contributed by atoms with Crippen LogP contribution in [0.15, 0.2) is 29.3 Å². The summed E-state index contributed by atoms with van der Waals surface area (Å²) in [6.45, 7) is 7.39. The van der Waals surface area contributed by atoms with Crippen LogP contribution in [0, 0.1) is 0 Å². The number of guanidine groups is 1. The molecule has 22 heavy (non-hydrogen) atoms. The van der Waals surface area contributed by atoms with Gasteiger partial charge in [-0.25, -0.2) is 9.79 Å². The third-order valence-electron chi connectivity index (χ3n) is 3.52. The summed E-state index contributed by atoms with van der Waals surface area (Å²) < 4.78 is 4.92. The van der Waals surface area contributed by atoms with Crippen molar-refractivity contribution in [2.24, 2.45) is 10.7 Å². The molecule has 0 aromatic heterocycles. The van der Waals surface area contributed by atoms with Gasteiger partial charge in [0.2, 0.25) is 0 Å². The van der Waals surface area contributed by atoms with Gasteiger partial charge in [-0.05, 0) is 31.5 Å². The molecule has 1 aromatic carbocycles. The average molecular weight is 418 g/mol. The molecule has 1 aromatic rings. The fourth-order valence-electron chi connectivity index (χ4n) is 2.23. The highest BCUT2D eigenvalue weighted by Gasteiger charge is 2.23. The highest BCUT2D eigenvalue weighted by atomic mass is 127. The lowest BCUT2D eigenvalue weighted by atomic mass is 10.2. The third kappa shape index (κ3) is 4.49. The number of nitrogens with zero attached hydrogens (tertiary/aromatic N) is 3. The molecule has 6 nitrogen and oxygen atoms in total. The summed E-state index contributed by atoms with van der Waals surface area (Å²) in [5, 5.41) is 0. The molecule has 2 rings (SSSR count). The quantitative estimate of drug-likeness (QED) is 0.453. The zero-order valence-corrected chi connectivity index (χ0v) is 15.3. The second-order valence-corrected chi connectivity index (χ2v) is 4.78. The van der Waals surface area contributed by atoms with Crippen molar-refractivity contribution in [3.8, 4) is 0 Å². The number of hydrogen-bond donors (Lipinski definition) is 1. The molecule has 0 saturated carbocycles. The van der Waals surface area contributed by atoms with Gasteiger partial charge in [-0.1, -0.05) is 12.1 Å². The number of amides is 1. The number of cyclic esters (lactones) is 1. The zero-order chi connectivity index (χ0) is 15.2. The SMILES string of the molecule is CCN(CC)C(N)=NCc1ccc(N2CCOC2=O)cc1.I. The Kier molecular flexibility index (Phi) is 7.43. The molecule has 0 aliphatic carbocycles. The van der Waals surface area contributed by atoms with E-state index >= 15 is 0 Å². The van der Waals surface area contributed by atoms with Gasteiger partial charge in [-0.3, -0.25) is 4.90 Å². The summed E-state index contributed by atoms with van der Waals surface area (Å²) in [6, 6.07) is 7.73. The summed E-state index contributed by atoms with van der Waals surface area (Å²) in [5.74, 6) is 0.562. The Balaban J connectivity index is 0.00000242. The summed E-state index contributed by atoms with van der Waals surface area (Å²) in [4.78, 5) is 19.5. The molecule has 1 aliphatic heterocycles. The van der Waals surface area contributed by atoms with Crippen LogP contribution in [0.4, 0.5) is 10.5 Å². The maximum Gasteiger partial charge on any atom is 0.414 e. The van der Waals surface area contributed by atoms with Gasteiger partial charge in [0.15, 0.2) is 5.96 Å². The van der Waals surface area contributed by atoms with E-state index in [2.05, 4.69) is 18.8 Å². The Morgan fingerprint density at radius 2 is 1.95 bits per heavy atom. The van der Waals surface area contributed by atoms with E-state index in [4.69, 9.17) is 10.5 Å². The molecule has 0 unspecified atom stereocenters. The van der Waals surface area contributed by atoms with Crippen molar-refractivity contribution >= 4 is 41.7 Å². The van der Waals surface area contributed by atoms with Crippen molar-refractivity contribution < 1.29 is 9.53 Å². The number of hydrogen-bond acceptors (Lipinski definition) is 3. The number of nitrogens with two attached hydrogens (primary N) is 1. The van der Waals surface area contributed by atoms with Gasteiger partial charge in [0.1, 0.15) is 6.61 Å². The second-order valence-electron chi connectivity index (χ2n) is 4.78. The number of rotatable bonds is 5. The molecular formula is C15H23IN4O2. The number of benzene rings is 1. The predicted molar refractivity (Wildman–Crippen MR) is 98.8 cm³/mol. The molecule has 1 heterocycles. The van der Waals surface area contributed by atoms with Crippen LogP contribution in [0.25, 0.3) is 0 Å². The van der Waals surface area contributed by atoms with Crippen molar-refractivity contribution in [3.63, 3.8) is 0 Å². The molecule has 2 N–H and O–H groups in total. The van der Waals surface area contributed by atoms with E-state index in [0.717, 1.165) is 24.3 Å². The van der Waals surface area contributed by atoms with Crippen LogP contribution in [0.1, 0.15) is 19.4 Å². The van der Waals surface area contributed by atoms with Crippen molar-refractivity contribution in [3.05, 3.63) is 29.8 Å². The van der Waals surface area contributed by atoms with Gasteiger partial charge in [0, 0.05) is 18.8 Å². The van der Waals surface area contributed by atoms with Crippen LogP contribution >= 0.6 is 24.0 Å². The largest absolute Gasteiger partial charge is 0.447 e. The van der Waals surface area contributed by atoms with E-state index in [1.54, 1.807) is 4.90 Å². The van der Waals surface area contributed by atoms with Gasteiger partial charge in [-0.2, -0.15) is 0 Å². The molecule has 122 valence electrons. The zero-order valence-electron chi connectivity index (χ0n) is 13.0. The fraction of sp³-hybridized carbons (Fsp3) is 0.467. The maximum atomic E-state index is 11.5. The molecule has 1 fully saturated rings. The van der Waals surface area contributed by atoms with E-state index < -0.39 is 0 Å². The number of halogens is 1. The first-order chi connectivity index (χ1) is 10.2. The van der Waals surface area contributed by atoms with Gasteiger partial charge in [0.05, 0.1) is 13.1 Å². The molecule has 0 spiro atoms. The fourth-order valence-corrected chi connectivity index (χ4v) is 2.23. The minimum absolute atomic E-state index is 0. The van der Waals surface area contributed by atoms with Crippen LogP contribution in [-0.2, 0) is 11.3 Å². The van der Waals surface area contributed by atoms with Crippen LogP contribution in [-0.4, -0.2) is 43.2 Å². The number of anilines is 1. The van der Waals surface area contributed by atoms with Gasteiger partial charge < -0.3 is 15.4 Å². The van der Waals surface area contributed by atoms with Crippen LogP contribution in [0.2, 0.25) is 0 Å². The Hall–Kier alpha value is -1.51. The molecule has 7 heteroatoms. The molecule has 0 atom stereocenters. The smallest absolute Gasteiger partial charge is 0.414 e. The van der Waals surface area contributed by atoms with E-state index in [9.17, 15) is 4.79 Å². The van der Waals surface area contributed by atoms with Crippen LogP contribution < -0.4 is 10.6 Å². The predicted octanol–water partition coefficient (Wildman–Crippen LogP) is 2.42. The first-order valence-corrected chi connectivity index (χ1v) is 7.23. The Bertz CT molecular complexity index is 515. The average Bonchev–Trinajstić information content (AvgIpc) is 2.93. The highest BCUT2D eigenvalue weighted by molar-refractivity contribution is 14.0. The topological polar surface area (TPSA) is 71.2 Å². The first kappa shape index (κ1) is 18.5. The second kappa shape index (κ2) is 8.82. The summed E-state index contributed by atoms with van der Waals surface area (Å²) in [5.41, 5.74) is 7.85. The number of ether oxygens (including phenoxy) is 1. The van der Waals surface area contributed by atoms with Gasteiger partial charge in [0.25, 0.3) is 0 Å². The van der Waals surface area contributed by atoms with Crippen LogP contribution in [0.5, 0.6) is 0 Å². The van der Waals surface area contributed by atoms with E-state index in [-0.39, 0.29) is 30.1 Å². The highest BCUT2D eigenvalue weighted by Crippen LogP contribution is 2.19. The molecule has 1 amide bonds. The standard InChI is InChI=1S/C15H22N4O2.HI/c1-3-18(4-2)14(16)17-11-12-5-7-13(8-6-12)19-9-10-21-15(19)20;/h5-8H,3-4,9-11H2,1-2H3,(H2,16,17);1H. The Labute approximate surface area is 148 Å². The summed E-state index contributed by atoms with van der Waals surface area (Å²) in [7, 11) is 0. The van der Waals surface area contributed by atoms with Crippen molar-refractivity contribution in [1.29, 1.82) is 0 Å². The Morgan fingerprint density at radius 1 is 1.32 bits per heavy atom. The van der Waals surface area contributed by atoms with Gasteiger partial charge >= 0.3 is 6.09 Å². The Morgan fingerprint density at radius 3 is 2.45 bits per heavy atom. The lowest BCUT2D eigenvalue weighted by molar-refractivity contribution is 0.181. The summed E-state index contributed by atoms with van der Waals surface area (Å²) >= 11 is 0. The third-order valence-corrected chi connectivity index (χ3v) is 3.52. The molecule has 0 bridgehead atoms. The maximum absolute atomic E-state index is 11.5. The molecular weight excluding hydrogens is 395 g/mol. The van der Waals surface area contributed by atoms with Gasteiger partial charge in [-0.15, -0.1) is 24.0 Å². The minimum Gasteiger partial charge on any atom is -0.447 e. The monoisotopic (exact) mass is 418 g/mol. The van der Waals surface area contributed by atoms with Crippen LogP contribution in [0.3, 0.4) is 0 Å². The molecule has 0 radical (unpaired) electrons. The lowest BCUT2D eigenvalue weighted by Gasteiger charge is -2.19. The molecule has 1 saturated heterocycles. The normalized spacial score (nSPS) is 14.5. The number of carbonyl (C=O) groups is 1. The van der Waals surface area contributed by atoms with E-state index in [0.29, 0.717) is 25.7 Å².